The van der Waals surface area contributed by atoms with Gasteiger partial charge < -0.3 is 5.32 Å². The number of imide groups is 1. The normalized spacial score (nSPS) is 30.8. The van der Waals surface area contributed by atoms with E-state index < -0.39 is 0 Å². The van der Waals surface area contributed by atoms with Crippen LogP contribution in [0.1, 0.15) is 38.2 Å². The summed E-state index contributed by atoms with van der Waals surface area (Å²) in [7, 11) is 4.25. The van der Waals surface area contributed by atoms with E-state index >= 15 is 0 Å². The zero-order valence-electron chi connectivity index (χ0n) is 14.1. The zero-order valence-corrected chi connectivity index (χ0v) is 14.1. The molecule has 1 aliphatic heterocycles. The summed E-state index contributed by atoms with van der Waals surface area (Å²) in [5.74, 6) is -0.174. The van der Waals surface area contributed by atoms with Gasteiger partial charge in [0.2, 0.25) is 5.91 Å². The van der Waals surface area contributed by atoms with E-state index in [1.807, 2.05) is 6.07 Å². The molecule has 1 aliphatic carbocycles. The molecule has 0 aromatic heterocycles. The van der Waals surface area contributed by atoms with E-state index in [-0.39, 0.29) is 23.0 Å². The lowest BCUT2D eigenvalue weighted by Gasteiger charge is -2.48. The summed E-state index contributed by atoms with van der Waals surface area (Å²) in [6.07, 6.45) is 3.71. The van der Waals surface area contributed by atoms with Crippen molar-refractivity contribution in [1.29, 1.82) is 0 Å². The summed E-state index contributed by atoms with van der Waals surface area (Å²) >= 11 is 0. The molecular formula is C18H25N3O2. The van der Waals surface area contributed by atoms with Crippen molar-refractivity contribution in [3.05, 3.63) is 35.9 Å². The molecule has 2 aliphatic rings. The molecular weight excluding hydrogens is 290 g/mol. The molecule has 0 unspecified atom stereocenters. The van der Waals surface area contributed by atoms with Crippen molar-refractivity contribution in [2.75, 3.05) is 20.6 Å². The smallest absolute Gasteiger partial charge is 0.324 e. The second kappa shape index (κ2) is 5.64. The molecule has 23 heavy (non-hydrogen) atoms. The largest absolute Gasteiger partial charge is 0.330 e. The van der Waals surface area contributed by atoms with E-state index in [1.54, 1.807) is 0 Å². The van der Waals surface area contributed by atoms with Gasteiger partial charge in [-0.15, -0.1) is 0 Å². The fourth-order valence-electron chi connectivity index (χ4n) is 4.13. The van der Waals surface area contributed by atoms with Crippen LogP contribution in [0.15, 0.2) is 30.3 Å². The van der Waals surface area contributed by atoms with Gasteiger partial charge in [-0.05, 0) is 45.3 Å². The Balaban J connectivity index is 1.82. The minimum absolute atomic E-state index is 0.000874. The van der Waals surface area contributed by atoms with Crippen LogP contribution >= 0.6 is 0 Å². The third-order valence-corrected chi connectivity index (χ3v) is 5.66. The zero-order chi connectivity index (χ0) is 16.7. The summed E-state index contributed by atoms with van der Waals surface area (Å²) in [6, 6.07) is 10.3. The maximum absolute atomic E-state index is 12.0. The lowest BCUT2D eigenvalue weighted by atomic mass is 9.69. The fraction of sp³-hybridized carbons (Fsp3) is 0.556. The molecule has 0 bridgehead atoms. The van der Waals surface area contributed by atoms with Gasteiger partial charge in [0, 0.05) is 12.5 Å². The highest BCUT2D eigenvalue weighted by atomic mass is 16.2. The fourth-order valence-corrected chi connectivity index (χ4v) is 4.13. The summed E-state index contributed by atoms with van der Waals surface area (Å²) < 4.78 is 0. The third kappa shape index (κ3) is 2.63. The average Bonchev–Trinajstić information content (AvgIpc) is 2.86. The number of hydrogen-bond acceptors (Lipinski definition) is 3. The Morgan fingerprint density at radius 2 is 1.74 bits per heavy atom. The van der Waals surface area contributed by atoms with Crippen LogP contribution in [0, 0.1) is 0 Å². The van der Waals surface area contributed by atoms with Crippen molar-refractivity contribution in [3.8, 4) is 0 Å². The molecule has 3 rings (SSSR count). The van der Waals surface area contributed by atoms with Gasteiger partial charge >= 0.3 is 6.03 Å². The van der Waals surface area contributed by atoms with E-state index in [4.69, 9.17) is 0 Å². The second-order valence-electron chi connectivity index (χ2n) is 7.11. The predicted molar refractivity (Wildman–Crippen MR) is 88.9 cm³/mol. The van der Waals surface area contributed by atoms with Crippen LogP contribution in [-0.4, -0.2) is 47.9 Å². The number of urea groups is 1. The molecule has 1 saturated heterocycles. The Morgan fingerprint density at radius 1 is 1.13 bits per heavy atom. The van der Waals surface area contributed by atoms with Crippen LogP contribution in [0.2, 0.25) is 0 Å². The van der Waals surface area contributed by atoms with E-state index in [0.717, 1.165) is 25.7 Å². The van der Waals surface area contributed by atoms with Gasteiger partial charge in [0.25, 0.3) is 0 Å². The third-order valence-electron chi connectivity index (χ3n) is 5.66. The minimum Gasteiger partial charge on any atom is -0.330 e. The average molecular weight is 315 g/mol. The number of benzene rings is 1. The number of hydrogen-bond donors (Lipinski definition) is 1. The minimum atomic E-state index is -0.253. The van der Waals surface area contributed by atoms with Crippen molar-refractivity contribution in [2.24, 2.45) is 0 Å². The predicted octanol–water partition coefficient (Wildman–Crippen LogP) is 2.33. The van der Waals surface area contributed by atoms with Crippen molar-refractivity contribution in [1.82, 2.24) is 15.1 Å². The van der Waals surface area contributed by atoms with E-state index in [9.17, 15) is 9.59 Å². The summed E-state index contributed by atoms with van der Waals surface area (Å²) in [5.41, 5.74) is 1.07. The van der Waals surface area contributed by atoms with Crippen molar-refractivity contribution in [2.45, 2.75) is 43.7 Å². The molecule has 124 valence electrons. The monoisotopic (exact) mass is 315 g/mol. The number of carbonyl (C=O) groups is 2. The lowest BCUT2D eigenvalue weighted by molar-refractivity contribution is -0.125. The summed E-state index contributed by atoms with van der Waals surface area (Å²) in [4.78, 5) is 27.3. The van der Waals surface area contributed by atoms with Gasteiger partial charge in [-0.1, -0.05) is 30.3 Å². The first-order chi connectivity index (χ1) is 10.9. The Hall–Kier alpha value is -1.88. The number of nitrogens with zero attached hydrogens (tertiary/aromatic N) is 2. The first kappa shape index (κ1) is 16.0. The van der Waals surface area contributed by atoms with Crippen LogP contribution in [-0.2, 0) is 10.3 Å². The molecule has 2 fully saturated rings. The molecule has 1 aromatic rings. The maximum atomic E-state index is 12.0. The molecule has 1 aromatic carbocycles. The van der Waals surface area contributed by atoms with Gasteiger partial charge in [0.1, 0.15) is 0 Å². The number of carbonyl (C=O) groups excluding carboxylic acids is 2. The number of nitrogens with one attached hydrogen (secondary N) is 1. The van der Waals surface area contributed by atoms with Crippen molar-refractivity contribution >= 4 is 11.9 Å². The Morgan fingerprint density at radius 3 is 2.22 bits per heavy atom. The van der Waals surface area contributed by atoms with Crippen LogP contribution in [0.25, 0.3) is 0 Å². The second-order valence-corrected chi connectivity index (χ2v) is 7.11. The van der Waals surface area contributed by atoms with Gasteiger partial charge in [-0.3, -0.25) is 14.6 Å². The number of amides is 3. The SMILES string of the molecule is CC(=O)N1CC2(CCC(c3ccccc3)(N(C)C)CC2)NC1=O. The van der Waals surface area contributed by atoms with Gasteiger partial charge in [0.05, 0.1) is 12.1 Å². The first-order valence-corrected chi connectivity index (χ1v) is 8.22. The maximum Gasteiger partial charge on any atom is 0.324 e. The van der Waals surface area contributed by atoms with E-state index in [0.29, 0.717) is 6.54 Å². The van der Waals surface area contributed by atoms with Gasteiger partial charge in [-0.25, -0.2) is 4.79 Å². The molecule has 1 saturated carbocycles. The standard InChI is InChI=1S/C18H25N3O2/c1-14(22)21-13-17(19-16(21)23)9-11-18(12-10-17,20(2)3)15-7-5-4-6-8-15/h4-8H,9-13H2,1-3H3,(H,19,23). The highest BCUT2D eigenvalue weighted by Crippen LogP contribution is 2.45. The Bertz CT molecular complexity index is 604. The summed E-state index contributed by atoms with van der Waals surface area (Å²) in [5, 5.41) is 3.08. The number of rotatable bonds is 2. The Kier molecular flexibility index (Phi) is 3.92. The highest BCUT2D eigenvalue weighted by molar-refractivity contribution is 5.95. The van der Waals surface area contributed by atoms with Crippen LogP contribution in [0.5, 0.6) is 0 Å². The first-order valence-electron chi connectivity index (χ1n) is 8.22. The highest BCUT2D eigenvalue weighted by Gasteiger charge is 2.50. The van der Waals surface area contributed by atoms with Crippen molar-refractivity contribution in [3.63, 3.8) is 0 Å². The quantitative estimate of drug-likeness (QED) is 0.911. The van der Waals surface area contributed by atoms with Crippen molar-refractivity contribution < 1.29 is 9.59 Å². The van der Waals surface area contributed by atoms with E-state index in [1.165, 1.54) is 17.4 Å². The van der Waals surface area contributed by atoms with Crippen LogP contribution < -0.4 is 5.32 Å². The van der Waals surface area contributed by atoms with Crippen LogP contribution in [0.3, 0.4) is 0 Å². The summed E-state index contributed by atoms with van der Waals surface area (Å²) in [6.45, 7) is 1.95. The molecule has 1 heterocycles. The molecule has 1 spiro atoms. The molecule has 3 amide bonds. The molecule has 1 N–H and O–H groups in total. The van der Waals surface area contributed by atoms with Gasteiger partial charge in [-0.2, -0.15) is 0 Å². The molecule has 0 atom stereocenters. The van der Waals surface area contributed by atoms with Crippen LogP contribution in [0.4, 0.5) is 4.79 Å². The topological polar surface area (TPSA) is 52.7 Å². The van der Waals surface area contributed by atoms with Gasteiger partial charge in [0.15, 0.2) is 0 Å². The molecule has 5 nitrogen and oxygen atoms in total. The lowest BCUT2D eigenvalue weighted by Crippen LogP contribution is -2.54. The molecule has 0 radical (unpaired) electrons. The molecule has 5 heteroatoms. The van der Waals surface area contributed by atoms with E-state index in [2.05, 4.69) is 48.6 Å². The Labute approximate surface area is 137 Å².